The fourth-order valence-corrected chi connectivity index (χ4v) is 1.58. The Morgan fingerprint density at radius 3 is 2.11 bits per heavy atom. The van der Waals surface area contributed by atoms with E-state index in [0.29, 0.717) is 10.7 Å². The van der Waals surface area contributed by atoms with Crippen molar-refractivity contribution >= 4 is 29.0 Å². The van der Waals surface area contributed by atoms with Crippen LogP contribution in [0.5, 0.6) is 0 Å². The molecule has 1 N–H and O–H groups in total. The Labute approximate surface area is 114 Å². The van der Waals surface area contributed by atoms with Crippen molar-refractivity contribution < 1.29 is 14.0 Å². The highest BCUT2D eigenvalue weighted by molar-refractivity contribution is 6.46. The van der Waals surface area contributed by atoms with Gasteiger partial charge in [0.2, 0.25) is 0 Å². The molecule has 19 heavy (non-hydrogen) atoms. The Morgan fingerprint density at radius 2 is 1.53 bits per heavy atom. The molecule has 0 heterocycles. The predicted molar refractivity (Wildman–Crippen MR) is 70.8 cm³/mol. The summed E-state index contributed by atoms with van der Waals surface area (Å²) in [5.74, 6) is -1.88. The SMILES string of the molecule is O=C(Nc1ccc(F)cc1)C(=O)c1ccc(Cl)cc1. The molecule has 0 fully saturated rings. The minimum atomic E-state index is -0.783. The van der Waals surface area contributed by atoms with Gasteiger partial charge in [0.05, 0.1) is 0 Å². The van der Waals surface area contributed by atoms with Crippen molar-refractivity contribution in [2.75, 3.05) is 5.32 Å². The van der Waals surface area contributed by atoms with Crippen LogP contribution >= 0.6 is 11.6 Å². The van der Waals surface area contributed by atoms with E-state index in [1.54, 1.807) is 0 Å². The molecule has 0 aromatic heterocycles. The van der Waals surface area contributed by atoms with Gasteiger partial charge in [0.15, 0.2) is 0 Å². The van der Waals surface area contributed by atoms with Gasteiger partial charge < -0.3 is 5.32 Å². The highest BCUT2D eigenvalue weighted by Crippen LogP contribution is 2.12. The summed E-state index contributed by atoms with van der Waals surface area (Å²) in [5.41, 5.74) is 0.595. The number of ketones is 1. The van der Waals surface area contributed by atoms with E-state index in [0.717, 1.165) is 0 Å². The van der Waals surface area contributed by atoms with Crippen LogP contribution < -0.4 is 5.32 Å². The minimum absolute atomic E-state index is 0.240. The van der Waals surface area contributed by atoms with Gasteiger partial charge in [-0.05, 0) is 48.5 Å². The van der Waals surface area contributed by atoms with Crippen molar-refractivity contribution in [3.05, 3.63) is 64.9 Å². The molecule has 2 rings (SSSR count). The first kappa shape index (κ1) is 13.2. The summed E-state index contributed by atoms with van der Waals surface area (Å²) in [5, 5.41) is 2.88. The van der Waals surface area contributed by atoms with E-state index in [2.05, 4.69) is 5.32 Å². The van der Waals surface area contributed by atoms with Gasteiger partial charge in [-0.1, -0.05) is 11.6 Å². The Morgan fingerprint density at radius 1 is 0.947 bits per heavy atom. The molecule has 0 unspecified atom stereocenters. The second-order valence-corrected chi connectivity index (χ2v) is 4.23. The van der Waals surface area contributed by atoms with Gasteiger partial charge in [0, 0.05) is 16.3 Å². The molecular formula is C14H9ClFNO2. The number of hydrogen-bond acceptors (Lipinski definition) is 2. The molecule has 0 saturated heterocycles. The van der Waals surface area contributed by atoms with E-state index in [-0.39, 0.29) is 5.56 Å². The van der Waals surface area contributed by atoms with E-state index >= 15 is 0 Å². The second kappa shape index (κ2) is 5.63. The smallest absolute Gasteiger partial charge is 0.296 e. The van der Waals surface area contributed by atoms with Gasteiger partial charge in [-0.25, -0.2) is 4.39 Å². The molecule has 0 aliphatic heterocycles. The van der Waals surface area contributed by atoms with Crippen molar-refractivity contribution in [2.45, 2.75) is 0 Å². The number of amides is 1. The van der Waals surface area contributed by atoms with Crippen LogP contribution in [-0.4, -0.2) is 11.7 Å². The summed E-state index contributed by atoms with van der Waals surface area (Å²) in [6.45, 7) is 0. The molecule has 0 radical (unpaired) electrons. The number of rotatable bonds is 3. The summed E-state index contributed by atoms with van der Waals surface area (Å²) in [6.07, 6.45) is 0. The van der Waals surface area contributed by atoms with E-state index in [1.165, 1.54) is 48.5 Å². The Kier molecular flexibility index (Phi) is 3.92. The standard InChI is InChI=1S/C14H9ClFNO2/c15-10-3-1-9(2-4-10)13(18)14(19)17-12-7-5-11(16)6-8-12/h1-8H,(H,17,19). The Bertz CT molecular complexity index is 608. The van der Waals surface area contributed by atoms with Crippen molar-refractivity contribution in [3.8, 4) is 0 Å². The van der Waals surface area contributed by atoms with Gasteiger partial charge in [-0.3, -0.25) is 9.59 Å². The summed E-state index contributed by atoms with van der Waals surface area (Å²) in [6, 6.07) is 11.1. The number of halogens is 2. The van der Waals surface area contributed by atoms with Crippen LogP contribution in [-0.2, 0) is 4.79 Å². The zero-order chi connectivity index (χ0) is 13.8. The number of nitrogens with one attached hydrogen (secondary N) is 1. The highest BCUT2D eigenvalue weighted by Gasteiger charge is 2.16. The van der Waals surface area contributed by atoms with E-state index in [4.69, 9.17) is 11.6 Å². The van der Waals surface area contributed by atoms with Gasteiger partial charge in [-0.15, -0.1) is 0 Å². The fourth-order valence-electron chi connectivity index (χ4n) is 1.45. The average molecular weight is 278 g/mol. The fraction of sp³-hybridized carbons (Fsp3) is 0. The molecule has 0 bridgehead atoms. The lowest BCUT2D eigenvalue weighted by molar-refractivity contribution is -0.112. The average Bonchev–Trinajstić information content (AvgIpc) is 2.41. The van der Waals surface area contributed by atoms with Crippen LogP contribution in [0.25, 0.3) is 0 Å². The van der Waals surface area contributed by atoms with Crippen LogP contribution in [0, 0.1) is 5.82 Å². The third kappa shape index (κ3) is 3.39. The van der Waals surface area contributed by atoms with Crippen molar-refractivity contribution in [3.63, 3.8) is 0 Å². The monoisotopic (exact) mass is 277 g/mol. The lowest BCUT2D eigenvalue weighted by atomic mass is 10.1. The number of benzene rings is 2. The quantitative estimate of drug-likeness (QED) is 0.691. The molecule has 1 amide bonds. The number of Topliss-reactive ketones (excluding diaryl/α,β-unsaturated/α-hetero) is 1. The molecule has 96 valence electrons. The maximum Gasteiger partial charge on any atom is 0.296 e. The van der Waals surface area contributed by atoms with Gasteiger partial charge in [0.25, 0.3) is 11.7 Å². The molecule has 5 heteroatoms. The van der Waals surface area contributed by atoms with E-state index in [9.17, 15) is 14.0 Å². The normalized spacial score (nSPS) is 10.0. The van der Waals surface area contributed by atoms with Crippen LogP contribution in [0.1, 0.15) is 10.4 Å². The topological polar surface area (TPSA) is 46.2 Å². The molecule has 3 nitrogen and oxygen atoms in total. The van der Waals surface area contributed by atoms with Crippen molar-refractivity contribution in [1.82, 2.24) is 0 Å². The third-order valence-corrected chi connectivity index (χ3v) is 2.67. The Hall–Kier alpha value is -2.20. The van der Waals surface area contributed by atoms with Crippen LogP contribution in [0.4, 0.5) is 10.1 Å². The Balaban J connectivity index is 2.09. The number of carbonyl (C=O) groups excluding carboxylic acids is 2. The summed E-state index contributed by atoms with van der Waals surface area (Å²) < 4.78 is 12.7. The molecular weight excluding hydrogens is 269 g/mol. The molecule has 0 spiro atoms. The minimum Gasteiger partial charge on any atom is -0.319 e. The zero-order valence-corrected chi connectivity index (χ0v) is 10.4. The lowest BCUT2D eigenvalue weighted by Crippen LogP contribution is -2.22. The molecule has 2 aromatic carbocycles. The first-order valence-corrected chi connectivity index (χ1v) is 5.81. The molecule has 2 aromatic rings. The van der Waals surface area contributed by atoms with Crippen LogP contribution in [0.2, 0.25) is 5.02 Å². The first-order chi connectivity index (χ1) is 9.06. The number of carbonyl (C=O) groups is 2. The van der Waals surface area contributed by atoms with Gasteiger partial charge in [-0.2, -0.15) is 0 Å². The summed E-state index contributed by atoms with van der Waals surface area (Å²) in [4.78, 5) is 23.5. The maximum absolute atomic E-state index is 12.7. The zero-order valence-electron chi connectivity index (χ0n) is 9.69. The lowest BCUT2D eigenvalue weighted by Gasteiger charge is -2.04. The first-order valence-electron chi connectivity index (χ1n) is 5.43. The van der Waals surface area contributed by atoms with Gasteiger partial charge in [0.1, 0.15) is 5.82 Å². The summed E-state index contributed by atoms with van der Waals surface area (Å²) in [7, 11) is 0. The van der Waals surface area contributed by atoms with Crippen molar-refractivity contribution in [1.29, 1.82) is 0 Å². The van der Waals surface area contributed by atoms with Crippen LogP contribution in [0.15, 0.2) is 48.5 Å². The molecule has 0 saturated carbocycles. The highest BCUT2D eigenvalue weighted by atomic mass is 35.5. The van der Waals surface area contributed by atoms with E-state index < -0.39 is 17.5 Å². The van der Waals surface area contributed by atoms with Crippen molar-refractivity contribution in [2.24, 2.45) is 0 Å². The maximum atomic E-state index is 12.7. The summed E-state index contributed by atoms with van der Waals surface area (Å²) >= 11 is 5.69. The number of anilines is 1. The second-order valence-electron chi connectivity index (χ2n) is 3.80. The molecule has 0 atom stereocenters. The van der Waals surface area contributed by atoms with Crippen LogP contribution in [0.3, 0.4) is 0 Å². The molecule has 0 aliphatic rings. The largest absolute Gasteiger partial charge is 0.319 e. The number of hydrogen-bond donors (Lipinski definition) is 1. The predicted octanol–water partition coefficient (Wildman–Crippen LogP) is 3.30. The molecule has 0 aliphatic carbocycles. The third-order valence-electron chi connectivity index (χ3n) is 2.41. The van der Waals surface area contributed by atoms with E-state index in [1.807, 2.05) is 0 Å². The van der Waals surface area contributed by atoms with Gasteiger partial charge >= 0.3 is 0 Å².